The largest absolute Gasteiger partial charge is 0.379 e. The molecule has 0 amide bonds. The Hall–Kier alpha value is -2.08. The summed E-state index contributed by atoms with van der Waals surface area (Å²) in [4.78, 5) is 0. The van der Waals surface area contributed by atoms with Gasteiger partial charge in [0.25, 0.3) is 0 Å². The highest BCUT2D eigenvalue weighted by molar-refractivity contribution is 5.80. The second-order valence-corrected chi connectivity index (χ2v) is 5.26. The van der Waals surface area contributed by atoms with Gasteiger partial charge in [-0.15, -0.1) is 0 Å². The van der Waals surface area contributed by atoms with Crippen LogP contribution in [0.4, 0.5) is 0 Å². The van der Waals surface area contributed by atoms with Crippen molar-refractivity contribution in [3.8, 4) is 23.0 Å². The van der Waals surface area contributed by atoms with E-state index in [1.165, 1.54) is 0 Å². The molecule has 0 heterocycles. The van der Waals surface area contributed by atoms with Gasteiger partial charge in [-0.05, 0) is 28.8 Å². The minimum absolute atomic E-state index is 0.423. The van der Waals surface area contributed by atoms with Crippen molar-refractivity contribution in [1.82, 2.24) is 5.32 Å². The van der Waals surface area contributed by atoms with Crippen LogP contribution in [0.1, 0.15) is 24.5 Å². The molecule has 0 aliphatic heterocycles. The number of hydrogen-bond donors (Lipinski definition) is 2. The molecule has 0 aromatic heterocycles. The quantitative estimate of drug-likeness (QED) is 0.668. The zero-order valence-corrected chi connectivity index (χ0v) is 12.2. The zero-order valence-electron chi connectivity index (χ0n) is 12.2. The van der Waals surface area contributed by atoms with Crippen molar-refractivity contribution < 1.29 is 5.11 Å². The number of rotatable bonds is 3. The van der Waals surface area contributed by atoms with Gasteiger partial charge in [0.15, 0.2) is 0 Å². The number of nitrogens with one attached hydrogen (secondary N) is 1. The molecule has 3 rings (SSSR count). The highest BCUT2D eigenvalue weighted by atomic mass is 16.3. The molecule has 0 bridgehead atoms. The monoisotopic (exact) mass is 277 g/mol. The smallest absolute Gasteiger partial charge is 0.127 e. The topological polar surface area (TPSA) is 32.3 Å². The molecular formula is C19H19NO. The van der Waals surface area contributed by atoms with E-state index in [2.05, 4.69) is 36.2 Å². The van der Waals surface area contributed by atoms with Gasteiger partial charge in [-0.3, -0.25) is 0 Å². The van der Waals surface area contributed by atoms with Crippen LogP contribution in [0.15, 0.2) is 48.5 Å². The highest BCUT2D eigenvalue weighted by Gasteiger charge is 2.40. The summed E-state index contributed by atoms with van der Waals surface area (Å²) in [6, 6.07) is 16.1. The molecule has 2 aromatic rings. The van der Waals surface area contributed by atoms with Gasteiger partial charge in [0.05, 0.1) is 6.54 Å². The lowest BCUT2D eigenvalue weighted by Crippen LogP contribution is -2.24. The van der Waals surface area contributed by atoms with Crippen molar-refractivity contribution in [2.45, 2.75) is 18.9 Å². The molecule has 0 radical (unpaired) electrons. The third kappa shape index (κ3) is 2.35. The van der Waals surface area contributed by atoms with Crippen molar-refractivity contribution in [3.05, 3.63) is 59.7 Å². The molecular weight excluding hydrogens is 258 g/mol. The Morgan fingerprint density at radius 2 is 1.52 bits per heavy atom. The van der Waals surface area contributed by atoms with Gasteiger partial charge in [-0.2, -0.15) is 0 Å². The Balaban J connectivity index is 1.99. The summed E-state index contributed by atoms with van der Waals surface area (Å²) in [6.45, 7) is 3.62. The Bertz CT molecular complexity index is 663. The molecule has 1 aliphatic rings. The molecule has 0 atom stereocenters. The molecule has 21 heavy (non-hydrogen) atoms. The first-order valence-corrected chi connectivity index (χ1v) is 7.35. The predicted octanol–water partition coefficient (Wildman–Crippen LogP) is 2.91. The summed E-state index contributed by atoms with van der Waals surface area (Å²) in [5, 5.41) is 14.4. The van der Waals surface area contributed by atoms with Crippen LogP contribution >= 0.6 is 0 Å². The first kappa shape index (κ1) is 13.9. The molecule has 1 aliphatic carbocycles. The van der Waals surface area contributed by atoms with E-state index in [-0.39, 0.29) is 0 Å². The summed E-state index contributed by atoms with van der Waals surface area (Å²) < 4.78 is 0. The Labute approximate surface area is 125 Å². The zero-order chi connectivity index (χ0) is 14.7. The average Bonchev–Trinajstić information content (AvgIpc) is 2.78. The predicted molar refractivity (Wildman–Crippen MR) is 85.8 cm³/mol. The fourth-order valence-corrected chi connectivity index (χ4v) is 2.93. The van der Waals surface area contributed by atoms with E-state index in [0.717, 1.165) is 28.8 Å². The SMILES string of the molecule is CCNCC#CCC1(O)c2ccccc2-c2ccccc21. The molecule has 2 N–H and O–H groups in total. The Morgan fingerprint density at radius 3 is 2.10 bits per heavy atom. The molecule has 2 nitrogen and oxygen atoms in total. The molecule has 2 heteroatoms. The summed E-state index contributed by atoms with van der Waals surface area (Å²) in [6.07, 6.45) is 0.423. The van der Waals surface area contributed by atoms with E-state index in [1.807, 2.05) is 36.4 Å². The third-order valence-electron chi connectivity index (χ3n) is 3.97. The van der Waals surface area contributed by atoms with Crippen LogP contribution in [-0.2, 0) is 5.60 Å². The summed E-state index contributed by atoms with van der Waals surface area (Å²) in [7, 11) is 0. The maximum atomic E-state index is 11.2. The lowest BCUT2D eigenvalue weighted by atomic mass is 9.88. The number of fused-ring (bicyclic) bond motifs is 3. The van der Waals surface area contributed by atoms with E-state index in [0.29, 0.717) is 13.0 Å². The van der Waals surface area contributed by atoms with Gasteiger partial charge >= 0.3 is 0 Å². The van der Waals surface area contributed by atoms with Gasteiger partial charge < -0.3 is 10.4 Å². The van der Waals surface area contributed by atoms with Gasteiger partial charge in [0.2, 0.25) is 0 Å². The minimum Gasteiger partial charge on any atom is -0.379 e. The third-order valence-corrected chi connectivity index (χ3v) is 3.97. The fourth-order valence-electron chi connectivity index (χ4n) is 2.93. The Morgan fingerprint density at radius 1 is 0.952 bits per heavy atom. The fraction of sp³-hybridized carbons (Fsp3) is 0.263. The molecule has 2 aromatic carbocycles. The van der Waals surface area contributed by atoms with E-state index in [9.17, 15) is 5.11 Å². The second kappa shape index (κ2) is 5.73. The highest BCUT2D eigenvalue weighted by Crippen LogP contribution is 2.48. The maximum absolute atomic E-state index is 11.2. The van der Waals surface area contributed by atoms with Gasteiger partial charge in [-0.25, -0.2) is 0 Å². The van der Waals surface area contributed by atoms with E-state index < -0.39 is 5.60 Å². The molecule has 0 unspecified atom stereocenters. The van der Waals surface area contributed by atoms with Crippen molar-refractivity contribution in [1.29, 1.82) is 0 Å². The summed E-state index contributed by atoms with van der Waals surface area (Å²) in [5.74, 6) is 6.20. The second-order valence-electron chi connectivity index (χ2n) is 5.26. The first-order chi connectivity index (χ1) is 10.3. The molecule has 106 valence electrons. The van der Waals surface area contributed by atoms with E-state index in [4.69, 9.17) is 0 Å². The van der Waals surface area contributed by atoms with Crippen molar-refractivity contribution in [3.63, 3.8) is 0 Å². The van der Waals surface area contributed by atoms with E-state index >= 15 is 0 Å². The van der Waals surface area contributed by atoms with Gasteiger partial charge in [0.1, 0.15) is 5.60 Å². The van der Waals surface area contributed by atoms with Crippen LogP contribution in [0.25, 0.3) is 11.1 Å². The van der Waals surface area contributed by atoms with Crippen LogP contribution in [0.5, 0.6) is 0 Å². The van der Waals surface area contributed by atoms with Gasteiger partial charge in [0, 0.05) is 6.42 Å². The van der Waals surface area contributed by atoms with Crippen molar-refractivity contribution in [2.75, 3.05) is 13.1 Å². The van der Waals surface area contributed by atoms with Crippen molar-refractivity contribution in [2.24, 2.45) is 0 Å². The molecule has 0 spiro atoms. The molecule has 0 fully saturated rings. The van der Waals surface area contributed by atoms with Crippen LogP contribution in [0.2, 0.25) is 0 Å². The molecule has 0 saturated carbocycles. The Kier molecular flexibility index (Phi) is 3.79. The number of hydrogen-bond acceptors (Lipinski definition) is 2. The van der Waals surface area contributed by atoms with E-state index in [1.54, 1.807) is 0 Å². The lowest BCUT2D eigenvalue weighted by Gasteiger charge is -2.23. The maximum Gasteiger partial charge on any atom is 0.127 e. The number of benzene rings is 2. The lowest BCUT2D eigenvalue weighted by molar-refractivity contribution is 0.0914. The average molecular weight is 277 g/mol. The molecule has 0 saturated heterocycles. The normalized spacial score (nSPS) is 14.0. The van der Waals surface area contributed by atoms with Crippen LogP contribution in [0, 0.1) is 11.8 Å². The minimum atomic E-state index is -0.994. The summed E-state index contributed by atoms with van der Waals surface area (Å²) in [5.41, 5.74) is 3.16. The number of aliphatic hydroxyl groups is 1. The summed E-state index contributed by atoms with van der Waals surface area (Å²) >= 11 is 0. The first-order valence-electron chi connectivity index (χ1n) is 7.35. The van der Waals surface area contributed by atoms with Gasteiger partial charge in [-0.1, -0.05) is 67.3 Å². The van der Waals surface area contributed by atoms with Crippen LogP contribution < -0.4 is 5.32 Å². The van der Waals surface area contributed by atoms with Crippen LogP contribution in [0.3, 0.4) is 0 Å². The standard InChI is InChI=1S/C19H19NO/c1-2-20-14-8-7-13-19(21)17-11-5-3-9-15(17)16-10-4-6-12-18(16)19/h3-6,9-12,20-21H,2,13-14H2,1H3. The van der Waals surface area contributed by atoms with Crippen LogP contribution in [-0.4, -0.2) is 18.2 Å². The van der Waals surface area contributed by atoms with Crippen molar-refractivity contribution >= 4 is 0 Å².